The van der Waals surface area contributed by atoms with Crippen LogP contribution in [0.3, 0.4) is 0 Å². The highest BCUT2D eigenvalue weighted by atomic mass is 35.6. The van der Waals surface area contributed by atoms with Gasteiger partial charge in [0.1, 0.15) is 12.0 Å². The van der Waals surface area contributed by atoms with Gasteiger partial charge in [-0.3, -0.25) is 14.9 Å². The van der Waals surface area contributed by atoms with Crippen molar-refractivity contribution in [3.8, 4) is 0 Å². The van der Waals surface area contributed by atoms with Gasteiger partial charge in [-0.05, 0) is 48.1 Å². The molecule has 1 heterocycles. The molecule has 12 heteroatoms. The van der Waals surface area contributed by atoms with E-state index in [4.69, 9.17) is 47.0 Å². The van der Waals surface area contributed by atoms with E-state index in [0.29, 0.717) is 11.4 Å². The van der Waals surface area contributed by atoms with Crippen LogP contribution >= 0.6 is 47.0 Å². The van der Waals surface area contributed by atoms with Gasteiger partial charge in [-0.2, -0.15) is 0 Å². The molecule has 0 aliphatic heterocycles. The molecule has 1 unspecified atom stereocenters. The molecular weight excluding hydrogens is 461 g/mol. The Balaban J connectivity index is 1.99. The van der Waals surface area contributed by atoms with Gasteiger partial charge >= 0.3 is 0 Å². The molecule has 2 rings (SSSR count). The third-order valence-corrected chi connectivity index (χ3v) is 4.20. The molecule has 0 saturated carbocycles. The number of non-ortho nitro benzene ring substituents is 1. The van der Waals surface area contributed by atoms with Crippen LogP contribution in [0.1, 0.15) is 5.56 Å². The maximum absolute atomic E-state index is 12.2. The standard InChI is InChI=1S/C17H14Cl3N5O3S/c18-17(19,20)15(24-16(29)22-13-3-1-2-10-21-13)23-14(26)9-6-11-4-7-12(8-5-11)25(27)28/h1-10,15H,(H,23,26)(H2,21,22,24,29)/b9-6+. The van der Waals surface area contributed by atoms with Crippen molar-refractivity contribution >= 4 is 75.6 Å². The number of pyridine rings is 1. The van der Waals surface area contributed by atoms with E-state index >= 15 is 0 Å². The van der Waals surface area contributed by atoms with Crippen molar-refractivity contribution in [2.45, 2.75) is 9.96 Å². The van der Waals surface area contributed by atoms with Gasteiger partial charge < -0.3 is 16.0 Å². The molecule has 0 spiro atoms. The zero-order valence-corrected chi connectivity index (χ0v) is 17.6. The molecule has 3 N–H and O–H groups in total. The van der Waals surface area contributed by atoms with Crippen LogP contribution in [0.2, 0.25) is 0 Å². The van der Waals surface area contributed by atoms with E-state index in [1.54, 1.807) is 24.4 Å². The minimum atomic E-state index is -1.91. The van der Waals surface area contributed by atoms with Crippen LogP contribution in [0, 0.1) is 10.1 Å². The maximum Gasteiger partial charge on any atom is 0.269 e. The molecule has 0 radical (unpaired) electrons. The first kappa shape index (κ1) is 22.8. The summed E-state index contributed by atoms with van der Waals surface area (Å²) in [6.45, 7) is 0. The van der Waals surface area contributed by atoms with Crippen molar-refractivity contribution in [2.75, 3.05) is 5.32 Å². The quantitative estimate of drug-likeness (QED) is 0.146. The Labute approximate surface area is 186 Å². The van der Waals surface area contributed by atoms with Gasteiger partial charge in [-0.25, -0.2) is 4.98 Å². The Kier molecular flexibility index (Phi) is 8.15. The summed E-state index contributed by atoms with van der Waals surface area (Å²) in [6.07, 6.45) is 3.08. The van der Waals surface area contributed by atoms with Crippen LogP contribution in [0.15, 0.2) is 54.7 Å². The van der Waals surface area contributed by atoms with Crippen LogP contribution in [-0.4, -0.2) is 30.9 Å². The molecule has 0 aliphatic carbocycles. The molecule has 1 amide bonds. The molecule has 0 aliphatic rings. The number of benzene rings is 1. The van der Waals surface area contributed by atoms with Gasteiger partial charge in [0.25, 0.3) is 5.69 Å². The summed E-state index contributed by atoms with van der Waals surface area (Å²) >= 11 is 22.9. The highest BCUT2D eigenvalue weighted by molar-refractivity contribution is 7.80. The lowest BCUT2D eigenvalue weighted by molar-refractivity contribution is -0.384. The van der Waals surface area contributed by atoms with Gasteiger partial charge in [-0.15, -0.1) is 0 Å². The first-order valence-corrected chi connectivity index (χ1v) is 9.47. The lowest BCUT2D eigenvalue weighted by Gasteiger charge is -2.27. The van der Waals surface area contributed by atoms with Gasteiger partial charge in [0.15, 0.2) is 5.11 Å². The molecule has 29 heavy (non-hydrogen) atoms. The van der Waals surface area contributed by atoms with Crippen molar-refractivity contribution in [3.05, 3.63) is 70.4 Å². The molecule has 1 atom stereocenters. The molecule has 152 valence electrons. The largest absolute Gasteiger partial charge is 0.339 e. The Bertz CT molecular complexity index is 905. The Morgan fingerprint density at radius 3 is 2.41 bits per heavy atom. The summed E-state index contributed by atoms with van der Waals surface area (Å²) in [5.74, 6) is -0.106. The fourth-order valence-electron chi connectivity index (χ4n) is 1.99. The number of carbonyl (C=O) groups is 1. The number of nitro benzene ring substituents is 1. The van der Waals surface area contributed by atoms with Crippen LogP contribution in [0.5, 0.6) is 0 Å². The summed E-state index contributed by atoms with van der Waals surface area (Å²) < 4.78 is -1.91. The van der Waals surface area contributed by atoms with Crippen LogP contribution < -0.4 is 16.0 Å². The lowest BCUT2D eigenvalue weighted by atomic mass is 10.2. The molecule has 1 aromatic carbocycles. The Hall–Kier alpha value is -2.46. The number of thiocarbonyl (C=S) groups is 1. The summed E-state index contributed by atoms with van der Waals surface area (Å²) in [6, 6.07) is 10.8. The average Bonchev–Trinajstić information content (AvgIpc) is 2.66. The SMILES string of the molecule is O=C(/C=C/c1ccc([N+](=O)[O-])cc1)NC(NC(=S)Nc1ccccn1)C(Cl)(Cl)Cl. The zero-order valence-electron chi connectivity index (χ0n) is 14.5. The van der Waals surface area contributed by atoms with Crippen molar-refractivity contribution in [1.29, 1.82) is 0 Å². The van der Waals surface area contributed by atoms with E-state index in [1.165, 1.54) is 36.4 Å². The summed E-state index contributed by atoms with van der Waals surface area (Å²) in [4.78, 5) is 26.4. The number of carbonyl (C=O) groups excluding carboxylic acids is 1. The van der Waals surface area contributed by atoms with Crippen molar-refractivity contribution < 1.29 is 9.72 Å². The van der Waals surface area contributed by atoms with E-state index in [1.807, 2.05) is 0 Å². The summed E-state index contributed by atoms with van der Waals surface area (Å²) in [5, 5.41) is 18.7. The number of hydrogen-bond acceptors (Lipinski definition) is 5. The van der Waals surface area contributed by atoms with E-state index in [9.17, 15) is 14.9 Å². The second kappa shape index (κ2) is 10.4. The van der Waals surface area contributed by atoms with Crippen LogP contribution in [0.25, 0.3) is 6.08 Å². The summed E-state index contributed by atoms with van der Waals surface area (Å²) in [5.41, 5.74) is 0.525. The van der Waals surface area contributed by atoms with E-state index in [0.717, 1.165) is 0 Å². The minimum Gasteiger partial charge on any atom is -0.339 e. The molecule has 2 aromatic rings. The molecule has 0 bridgehead atoms. The number of hydrogen-bond donors (Lipinski definition) is 3. The number of halogens is 3. The second-order valence-corrected chi connectivity index (χ2v) is 8.26. The fourth-order valence-corrected chi connectivity index (χ4v) is 2.54. The third kappa shape index (κ3) is 7.82. The Morgan fingerprint density at radius 2 is 1.86 bits per heavy atom. The molecule has 0 saturated heterocycles. The van der Waals surface area contributed by atoms with Crippen LogP contribution in [0.4, 0.5) is 11.5 Å². The van der Waals surface area contributed by atoms with E-state index in [-0.39, 0.29) is 10.8 Å². The summed E-state index contributed by atoms with van der Waals surface area (Å²) in [7, 11) is 0. The van der Waals surface area contributed by atoms with Gasteiger partial charge in [0, 0.05) is 24.4 Å². The van der Waals surface area contributed by atoms with Crippen LogP contribution in [-0.2, 0) is 4.79 Å². The maximum atomic E-state index is 12.2. The number of nitrogens with zero attached hydrogens (tertiary/aromatic N) is 2. The number of amides is 1. The highest BCUT2D eigenvalue weighted by Gasteiger charge is 2.34. The first-order valence-electron chi connectivity index (χ1n) is 7.93. The molecule has 8 nitrogen and oxygen atoms in total. The number of nitrogens with one attached hydrogen (secondary N) is 3. The molecule has 0 fully saturated rings. The van der Waals surface area contributed by atoms with Crippen molar-refractivity contribution in [2.24, 2.45) is 0 Å². The first-order chi connectivity index (χ1) is 13.6. The molecular formula is C17H14Cl3N5O3S. The number of aromatic nitrogens is 1. The number of rotatable bonds is 6. The average molecular weight is 475 g/mol. The molecule has 1 aromatic heterocycles. The van der Waals surface area contributed by atoms with E-state index < -0.39 is 20.8 Å². The Morgan fingerprint density at radius 1 is 1.17 bits per heavy atom. The predicted octanol–water partition coefficient (Wildman–Crippen LogP) is 3.80. The number of nitro groups is 1. The lowest BCUT2D eigenvalue weighted by Crippen LogP contribution is -2.55. The van der Waals surface area contributed by atoms with Gasteiger partial charge in [0.2, 0.25) is 9.70 Å². The minimum absolute atomic E-state index is 0.0546. The topological polar surface area (TPSA) is 109 Å². The predicted molar refractivity (Wildman–Crippen MR) is 118 cm³/mol. The number of alkyl halides is 3. The van der Waals surface area contributed by atoms with Crippen molar-refractivity contribution in [3.63, 3.8) is 0 Å². The van der Waals surface area contributed by atoms with Gasteiger partial charge in [-0.1, -0.05) is 40.9 Å². The second-order valence-electron chi connectivity index (χ2n) is 5.48. The monoisotopic (exact) mass is 473 g/mol. The fraction of sp³-hybridized carbons (Fsp3) is 0.118. The smallest absolute Gasteiger partial charge is 0.269 e. The van der Waals surface area contributed by atoms with E-state index in [2.05, 4.69) is 20.9 Å². The van der Waals surface area contributed by atoms with Gasteiger partial charge in [0.05, 0.1) is 4.92 Å². The number of anilines is 1. The highest BCUT2D eigenvalue weighted by Crippen LogP contribution is 2.29. The normalized spacial score (nSPS) is 12.2. The third-order valence-electron chi connectivity index (χ3n) is 3.33. The zero-order chi connectivity index (χ0) is 21.4. The van der Waals surface area contributed by atoms with Crippen molar-refractivity contribution in [1.82, 2.24) is 15.6 Å².